The van der Waals surface area contributed by atoms with Crippen molar-refractivity contribution in [1.29, 1.82) is 0 Å². The lowest BCUT2D eigenvalue weighted by molar-refractivity contribution is 0.0730. The lowest BCUT2D eigenvalue weighted by Gasteiger charge is -2.26. The van der Waals surface area contributed by atoms with Crippen molar-refractivity contribution >= 4 is 10.0 Å². The van der Waals surface area contributed by atoms with Crippen molar-refractivity contribution in [1.82, 2.24) is 4.31 Å². The minimum Gasteiger partial charge on any atom is -0.488 e. The second-order valence-electron chi connectivity index (χ2n) is 5.70. The zero-order chi connectivity index (χ0) is 14.8. The van der Waals surface area contributed by atoms with Crippen LogP contribution in [0.2, 0.25) is 0 Å². The molecule has 2 rings (SSSR count). The number of hydrogen-bond acceptors (Lipinski definition) is 4. The SMILES string of the molecule is CC(C)(C)Oc1ccc(S(=O)(=O)N2CCOCC2)cc1. The second kappa shape index (κ2) is 5.71. The van der Waals surface area contributed by atoms with Crippen LogP contribution in [0.5, 0.6) is 5.75 Å². The van der Waals surface area contributed by atoms with Crippen LogP contribution in [0.1, 0.15) is 20.8 Å². The molecule has 0 radical (unpaired) electrons. The first-order chi connectivity index (χ1) is 9.29. The largest absolute Gasteiger partial charge is 0.488 e. The molecule has 0 amide bonds. The molecule has 1 fully saturated rings. The molecule has 5 nitrogen and oxygen atoms in total. The maximum absolute atomic E-state index is 12.4. The Morgan fingerprint density at radius 2 is 1.65 bits per heavy atom. The highest BCUT2D eigenvalue weighted by atomic mass is 32.2. The average molecular weight is 299 g/mol. The highest BCUT2D eigenvalue weighted by Gasteiger charge is 2.26. The van der Waals surface area contributed by atoms with Crippen LogP contribution in [-0.4, -0.2) is 44.6 Å². The minimum absolute atomic E-state index is 0.292. The molecule has 0 aromatic heterocycles. The molecule has 1 saturated heterocycles. The quantitative estimate of drug-likeness (QED) is 0.855. The highest BCUT2D eigenvalue weighted by Crippen LogP contribution is 2.22. The summed E-state index contributed by atoms with van der Waals surface area (Å²) in [5.41, 5.74) is -0.301. The Morgan fingerprint density at radius 1 is 1.10 bits per heavy atom. The third-order valence-electron chi connectivity index (χ3n) is 2.86. The van der Waals surface area contributed by atoms with Crippen LogP contribution in [0.25, 0.3) is 0 Å². The summed E-state index contributed by atoms with van der Waals surface area (Å²) in [6, 6.07) is 6.56. The molecular formula is C14H21NO4S. The minimum atomic E-state index is -3.42. The van der Waals surface area contributed by atoms with Crippen molar-refractivity contribution in [3.8, 4) is 5.75 Å². The predicted molar refractivity (Wildman–Crippen MR) is 76.4 cm³/mol. The summed E-state index contributed by atoms with van der Waals surface area (Å²) in [6.45, 7) is 7.56. The lowest BCUT2D eigenvalue weighted by Crippen LogP contribution is -2.40. The van der Waals surface area contributed by atoms with Gasteiger partial charge in [0.1, 0.15) is 11.4 Å². The normalized spacial score (nSPS) is 17.9. The van der Waals surface area contributed by atoms with Crippen LogP contribution >= 0.6 is 0 Å². The molecule has 6 heteroatoms. The smallest absolute Gasteiger partial charge is 0.243 e. The van der Waals surface area contributed by atoms with Gasteiger partial charge in [0.05, 0.1) is 18.1 Å². The molecule has 1 aromatic rings. The van der Waals surface area contributed by atoms with E-state index in [2.05, 4.69) is 0 Å². The first kappa shape index (κ1) is 15.3. The van der Waals surface area contributed by atoms with Gasteiger partial charge in [-0.15, -0.1) is 0 Å². The topological polar surface area (TPSA) is 55.8 Å². The van der Waals surface area contributed by atoms with Crippen LogP contribution in [0.3, 0.4) is 0 Å². The molecular weight excluding hydrogens is 278 g/mol. The van der Waals surface area contributed by atoms with Gasteiger partial charge in [-0.2, -0.15) is 4.31 Å². The first-order valence-electron chi connectivity index (χ1n) is 6.66. The number of benzene rings is 1. The molecule has 0 N–H and O–H groups in total. The van der Waals surface area contributed by atoms with Gasteiger partial charge in [0.2, 0.25) is 10.0 Å². The Hall–Kier alpha value is -1.11. The molecule has 1 aliphatic rings. The average Bonchev–Trinajstić information content (AvgIpc) is 2.38. The Kier molecular flexibility index (Phi) is 4.36. The van der Waals surface area contributed by atoms with Crippen LogP contribution in [-0.2, 0) is 14.8 Å². The number of hydrogen-bond donors (Lipinski definition) is 0. The molecule has 1 aromatic carbocycles. The molecule has 1 heterocycles. The van der Waals surface area contributed by atoms with Gasteiger partial charge in [0.15, 0.2) is 0 Å². The fraction of sp³-hybridized carbons (Fsp3) is 0.571. The molecule has 0 aliphatic carbocycles. The maximum Gasteiger partial charge on any atom is 0.243 e. The third kappa shape index (κ3) is 3.71. The van der Waals surface area contributed by atoms with Gasteiger partial charge in [-0.1, -0.05) is 0 Å². The van der Waals surface area contributed by atoms with Crippen molar-refractivity contribution < 1.29 is 17.9 Å². The summed E-state index contributed by atoms with van der Waals surface area (Å²) in [5.74, 6) is 0.665. The van der Waals surface area contributed by atoms with Crippen molar-refractivity contribution in [3.63, 3.8) is 0 Å². The van der Waals surface area contributed by atoms with Crippen LogP contribution < -0.4 is 4.74 Å². The molecule has 20 heavy (non-hydrogen) atoms. The fourth-order valence-electron chi connectivity index (χ4n) is 1.97. The van der Waals surface area contributed by atoms with Gasteiger partial charge in [0, 0.05) is 13.1 Å². The molecule has 0 atom stereocenters. The van der Waals surface area contributed by atoms with E-state index in [1.807, 2.05) is 20.8 Å². The van der Waals surface area contributed by atoms with Gasteiger partial charge in [-0.05, 0) is 45.0 Å². The van der Waals surface area contributed by atoms with E-state index in [1.54, 1.807) is 24.3 Å². The molecule has 112 valence electrons. The molecule has 0 saturated carbocycles. The summed E-state index contributed by atoms with van der Waals surface area (Å²) in [5, 5.41) is 0. The van der Waals surface area contributed by atoms with E-state index in [0.29, 0.717) is 36.9 Å². The van der Waals surface area contributed by atoms with Gasteiger partial charge in [-0.3, -0.25) is 0 Å². The Labute approximate surface area is 120 Å². The first-order valence-corrected chi connectivity index (χ1v) is 8.10. The zero-order valence-electron chi connectivity index (χ0n) is 12.1. The van der Waals surface area contributed by atoms with Gasteiger partial charge < -0.3 is 9.47 Å². The van der Waals surface area contributed by atoms with Crippen molar-refractivity contribution in [3.05, 3.63) is 24.3 Å². The van der Waals surface area contributed by atoms with E-state index in [1.165, 1.54) is 4.31 Å². The molecule has 0 bridgehead atoms. The Morgan fingerprint density at radius 3 is 2.15 bits per heavy atom. The fourth-order valence-corrected chi connectivity index (χ4v) is 3.38. The number of ether oxygens (including phenoxy) is 2. The molecule has 0 spiro atoms. The van der Waals surface area contributed by atoms with E-state index in [-0.39, 0.29) is 5.60 Å². The predicted octanol–water partition coefficient (Wildman–Crippen LogP) is 1.88. The molecule has 0 unspecified atom stereocenters. The van der Waals surface area contributed by atoms with E-state index >= 15 is 0 Å². The third-order valence-corrected chi connectivity index (χ3v) is 4.77. The van der Waals surface area contributed by atoms with E-state index < -0.39 is 10.0 Å². The summed E-state index contributed by atoms with van der Waals surface area (Å²) in [7, 11) is -3.42. The Bertz CT molecular complexity index is 540. The molecule has 1 aliphatic heterocycles. The lowest BCUT2D eigenvalue weighted by atomic mass is 10.2. The van der Waals surface area contributed by atoms with Crippen molar-refractivity contribution in [2.45, 2.75) is 31.3 Å². The standard InChI is InChI=1S/C14H21NO4S/c1-14(2,3)19-12-4-6-13(7-5-12)20(16,17)15-8-10-18-11-9-15/h4-7H,8-11H2,1-3H3. The number of nitrogens with zero attached hydrogens (tertiary/aromatic N) is 1. The van der Waals surface area contributed by atoms with E-state index in [0.717, 1.165) is 0 Å². The van der Waals surface area contributed by atoms with Crippen LogP contribution in [0, 0.1) is 0 Å². The van der Waals surface area contributed by atoms with Gasteiger partial charge >= 0.3 is 0 Å². The van der Waals surface area contributed by atoms with E-state index in [9.17, 15) is 8.42 Å². The van der Waals surface area contributed by atoms with Crippen molar-refractivity contribution in [2.24, 2.45) is 0 Å². The van der Waals surface area contributed by atoms with Gasteiger partial charge in [0.25, 0.3) is 0 Å². The highest BCUT2D eigenvalue weighted by molar-refractivity contribution is 7.89. The Balaban J connectivity index is 2.16. The summed E-state index contributed by atoms with van der Waals surface area (Å²) in [6.07, 6.45) is 0. The van der Waals surface area contributed by atoms with Crippen molar-refractivity contribution in [2.75, 3.05) is 26.3 Å². The van der Waals surface area contributed by atoms with Gasteiger partial charge in [-0.25, -0.2) is 8.42 Å². The zero-order valence-corrected chi connectivity index (χ0v) is 12.9. The number of sulfonamides is 1. The summed E-state index contributed by atoms with van der Waals surface area (Å²) >= 11 is 0. The van der Waals surface area contributed by atoms with E-state index in [4.69, 9.17) is 9.47 Å². The van der Waals surface area contributed by atoms with Crippen LogP contribution in [0.15, 0.2) is 29.2 Å². The maximum atomic E-state index is 12.4. The second-order valence-corrected chi connectivity index (χ2v) is 7.64. The monoisotopic (exact) mass is 299 g/mol. The number of morpholine rings is 1. The van der Waals surface area contributed by atoms with Crippen LogP contribution in [0.4, 0.5) is 0 Å². The summed E-state index contributed by atoms with van der Waals surface area (Å²) in [4.78, 5) is 0.292. The number of rotatable bonds is 3. The summed E-state index contributed by atoms with van der Waals surface area (Å²) < 4.78 is 37.1.